The van der Waals surface area contributed by atoms with Crippen LogP contribution in [-0.4, -0.2) is 75.2 Å². The third-order valence-corrected chi connectivity index (χ3v) is 6.22. The van der Waals surface area contributed by atoms with Crippen molar-refractivity contribution >= 4 is 23.7 Å². The van der Waals surface area contributed by atoms with Gasteiger partial charge in [0.2, 0.25) is 11.8 Å². The Balaban J connectivity index is 1.78. The Morgan fingerprint density at radius 1 is 1.31 bits per heavy atom. The van der Waals surface area contributed by atoms with Crippen molar-refractivity contribution in [2.75, 3.05) is 31.0 Å². The summed E-state index contributed by atoms with van der Waals surface area (Å²) in [5, 5.41) is 19.3. The number of hydrogen-bond donors (Lipinski definition) is 3. The molecule has 0 spiro atoms. The Morgan fingerprint density at radius 3 is 2.71 bits per heavy atom. The van der Waals surface area contributed by atoms with E-state index in [1.54, 1.807) is 19.2 Å². The maximum Gasteiger partial charge on any atom is 0.410 e. The number of anilines is 3. The number of hydrogen-bond acceptors (Lipinski definition) is 9. The summed E-state index contributed by atoms with van der Waals surface area (Å²) in [5.74, 6) is 2.31. The molecule has 0 radical (unpaired) electrons. The molecule has 0 saturated carbocycles. The lowest BCUT2D eigenvalue weighted by Crippen LogP contribution is -2.56. The molecule has 3 atom stereocenters. The molecule has 3 heterocycles. The van der Waals surface area contributed by atoms with Gasteiger partial charge in [-0.2, -0.15) is 15.1 Å². The van der Waals surface area contributed by atoms with Gasteiger partial charge in [0.05, 0.1) is 26.0 Å². The van der Waals surface area contributed by atoms with E-state index < -0.39 is 0 Å². The molecule has 1 aliphatic heterocycles. The number of piperidine rings is 1. The first-order valence-electron chi connectivity index (χ1n) is 12.3. The molecular formula is C24H39N7O4. The second-order valence-corrected chi connectivity index (χ2v) is 9.56. The van der Waals surface area contributed by atoms with Crippen LogP contribution in [0.25, 0.3) is 0 Å². The molecule has 1 saturated heterocycles. The summed E-state index contributed by atoms with van der Waals surface area (Å²) in [6.45, 7) is 8.59. The van der Waals surface area contributed by atoms with Crippen molar-refractivity contribution in [3.63, 3.8) is 0 Å². The number of rotatable bonds is 10. The predicted molar refractivity (Wildman–Crippen MR) is 134 cm³/mol. The van der Waals surface area contributed by atoms with E-state index in [-0.39, 0.29) is 30.8 Å². The normalized spacial score (nSPS) is 20.1. The number of aliphatic hydroxyl groups excluding tert-OH is 1. The zero-order chi connectivity index (χ0) is 25.5. The molecule has 3 rings (SSSR count). The van der Waals surface area contributed by atoms with Gasteiger partial charge in [-0.05, 0) is 32.1 Å². The molecule has 0 bridgehead atoms. The van der Waals surface area contributed by atoms with Gasteiger partial charge in [0.1, 0.15) is 5.82 Å². The van der Waals surface area contributed by atoms with E-state index in [9.17, 15) is 9.90 Å². The van der Waals surface area contributed by atoms with Crippen LogP contribution in [0, 0.1) is 5.92 Å². The van der Waals surface area contributed by atoms with Crippen LogP contribution >= 0.6 is 0 Å². The number of methoxy groups -OCH3 is 1. The monoisotopic (exact) mass is 489 g/mol. The van der Waals surface area contributed by atoms with Crippen molar-refractivity contribution in [3.8, 4) is 5.88 Å². The average Bonchev–Trinajstić information content (AvgIpc) is 3.29. The number of aromatic amines is 1. The fraction of sp³-hybridized carbons (Fsp3) is 0.667. The van der Waals surface area contributed by atoms with E-state index in [2.05, 4.69) is 44.2 Å². The smallest absolute Gasteiger partial charge is 0.410 e. The Kier molecular flexibility index (Phi) is 9.13. The molecule has 0 aliphatic carbocycles. The van der Waals surface area contributed by atoms with Crippen molar-refractivity contribution in [1.82, 2.24) is 25.1 Å². The Labute approximate surface area is 207 Å². The minimum atomic E-state index is -0.226. The van der Waals surface area contributed by atoms with Crippen LogP contribution in [0.4, 0.5) is 22.4 Å². The Morgan fingerprint density at radius 2 is 2.09 bits per heavy atom. The quantitative estimate of drug-likeness (QED) is 0.457. The highest BCUT2D eigenvalue weighted by Crippen LogP contribution is 2.32. The van der Waals surface area contributed by atoms with Crippen LogP contribution in [0.1, 0.15) is 59.1 Å². The molecule has 2 aromatic heterocycles. The summed E-state index contributed by atoms with van der Waals surface area (Å²) in [5.41, 5.74) is 0.598. The van der Waals surface area contributed by atoms with E-state index in [1.165, 1.54) is 0 Å². The summed E-state index contributed by atoms with van der Waals surface area (Å²) in [4.78, 5) is 26.1. The van der Waals surface area contributed by atoms with Crippen molar-refractivity contribution in [3.05, 3.63) is 17.8 Å². The van der Waals surface area contributed by atoms with Gasteiger partial charge in [0.15, 0.2) is 5.82 Å². The molecule has 1 fully saturated rings. The van der Waals surface area contributed by atoms with Gasteiger partial charge < -0.3 is 29.7 Å². The number of nitrogens with one attached hydrogen (secondary N) is 2. The molecule has 35 heavy (non-hydrogen) atoms. The number of aliphatic hydroxyl groups is 1. The van der Waals surface area contributed by atoms with Crippen molar-refractivity contribution in [1.29, 1.82) is 0 Å². The molecule has 2 aromatic rings. The van der Waals surface area contributed by atoms with Crippen molar-refractivity contribution in [2.45, 2.75) is 78.1 Å². The van der Waals surface area contributed by atoms with E-state index >= 15 is 0 Å². The molecule has 1 amide bonds. The molecule has 0 aromatic carbocycles. The third-order valence-electron chi connectivity index (χ3n) is 6.22. The molecule has 11 nitrogen and oxygen atoms in total. The SMILES string of the molecule is CCC[C@H]1C[C@H](N(C)c2nc(Nc3cc(CO)[nH]n3)cc(OC)n2)C[C@@H](C)N1C(=O)OCC(C)C. The lowest BCUT2D eigenvalue weighted by Gasteiger charge is -2.45. The summed E-state index contributed by atoms with van der Waals surface area (Å²) < 4.78 is 11.0. The second-order valence-electron chi connectivity index (χ2n) is 9.56. The fourth-order valence-corrected chi connectivity index (χ4v) is 4.48. The highest BCUT2D eigenvalue weighted by Gasteiger charge is 2.39. The number of carbonyl (C=O) groups is 1. The summed E-state index contributed by atoms with van der Waals surface area (Å²) >= 11 is 0. The highest BCUT2D eigenvalue weighted by atomic mass is 16.6. The first-order valence-corrected chi connectivity index (χ1v) is 12.3. The van der Waals surface area contributed by atoms with Crippen LogP contribution in [0.2, 0.25) is 0 Å². The summed E-state index contributed by atoms with van der Waals surface area (Å²) in [6, 6.07) is 3.66. The van der Waals surface area contributed by atoms with Gasteiger partial charge in [0.25, 0.3) is 0 Å². The molecule has 194 valence electrons. The molecule has 0 unspecified atom stereocenters. The van der Waals surface area contributed by atoms with Gasteiger partial charge in [-0.1, -0.05) is 27.2 Å². The van der Waals surface area contributed by atoms with Gasteiger partial charge in [-0.15, -0.1) is 0 Å². The topological polar surface area (TPSA) is 129 Å². The number of H-pyrrole nitrogens is 1. The fourth-order valence-electron chi connectivity index (χ4n) is 4.48. The first kappa shape index (κ1) is 26.5. The maximum atomic E-state index is 12.9. The molecule has 3 N–H and O–H groups in total. The number of carbonyl (C=O) groups excluding carboxylic acids is 1. The van der Waals surface area contributed by atoms with E-state index in [4.69, 9.17) is 9.47 Å². The molecular weight excluding hydrogens is 450 g/mol. The Hall–Kier alpha value is -3.08. The average molecular weight is 490 g/mol. The Bertz CT molecular complexity index is 967. The van der Waals surface area contributed by atoms with Crippen LogP contribution < -0.4 is 15.0 Å². The van der Waals surface area contributed by atoms with Gasteiger partial charge in [-0.25, -0.2) is 4.79 Å². The number of nitrogens with zero attached hydrogens (tertiary/aromatic N) is 5. The van der Waals surface area contributed by atoms with E-state index in [1.807, 2.05) is 25.8 Å². The van der Waals surface area contributed by atoms with E-state index in [0.29, 0.717) is 41.7 Å². The lowest BCUT2D eigenvalue weighted by atomic mass is 9.89. The zero-order valence-electron chi connectivity index (χ0n) is 21.6. The van der Waals surface area contributed by atoms with Crippen LogP contribution in [0.5, 0.6) is 5.88 Å². The number of amides is 1. The number of ether oxygens (including phenoxy) is 2. The number of likely N-dealkylation sites (tertiary alicyclic amines) is 1. The summed E-state index contributed by atoms with van der Waals surface area (Å²) in [6.07, 6.45) is 3.23. The second kappa shape index (κ2) is 12.1. The summed E-state index contributed by atoms with van der Waals surface area (Å²) in [7, 11) is 3.54. The van der Waals surface area contributed by atoms with E-state index in [0.717, 1.165) is 25.7 Å². The molecule has 1 aliphatic rings. The molecule has 11 heteroatoms. The minimum Gasteiger partial charge on any atom is -0.481 e. The van der Waals surface area contributed by atoms with Crippen LogP contribution in [0.15, 0.2) is 12.1 Å². The van der Waals surface area contributed by atoms with Crippen molar-refractivity contribution < 1.29 is 19.4 Å². The van der Waals surface area contributed by atoms with Gasteiger partial charge in [-0.3, -0.25) is 5.10 Å². The van der Waals surface area contributed by atoms with Crippen LogP contribution in [-0.2, 0) is 11.3 Å². The largest absolute Gasteiger partial charge is 0.481 e. The highest BCUT2D eigenvalue weighted by molar-refractivity contribution is 5.68. The minimum absolute atomic E-state index is 0.0246. The van der Waals surface area contributed by atoms with Crippen molar-refractivity contribution in [2.24, 2.45) is 5.92 Å². The van der Waals surface area contributed by atoms with Gasteiger partial charge >= 0.3 is 6.09 Å². The van der Waals surface area contributed by atoms with Crippen LogP contribution in [0.3, 0.4) is 0 Å². The van der Waals surface area contributed by atoms with Gasteiger partial charge in [0, 0.05) is 37.3 Å². The predicted octanol–water partition coefficient (Wildman–Crippen LogP) is 3.69. The third kappa shape index (κ3) is 6.74. The maximum absolute atomic E-state index is 12.9. The lowest BCUT2D eigenvalue weighted by molar-refractivity contribution is 0.0371. The first-order chi connectivity index (χ1) is 16.7. The standard InChI is InChI=1S/C24H39N7O4/c1-7-8-18-11-19(9-16(4)31(18)24(33)35-14-15(2)3)30(5)23-26-20(12-22(27-23)34-6)25-21-10-17(13-32)28-29-21/h10,12,15-16,18-19,32H,7-9,11,13-14H2,1-6H3,(H2,25,26,27,28,29)/t16-,18+,19-/m1/s1. The number of aromatic nitrogens is 4. The zero-order valence-corrected chi connectivity index (χ0v) is 21.6.